The summed E-state index contributed by atoms with van der Waals surface area (Å²) in [6, 6.07) is 3.14. The van der Waals surface area contributed by atoms with Crippen LogP contribution in [-0.2, 0) is 14.3 Å². The van der Waals surface area contributed by atoms with Gasteiger partial charge in [0.2, 0.25) is 11.8 Å². The first-order valence-corrected chi connectivity index (χ1v) is 9.15. The summed E-state index contributed by atoms with van der Waals surface area (Å²) in [7, 11) is 0. The van der Waals surface area contributed by atoms with Crippen molar-refractivity contribution in [3.8, 4) is 11.8 Å². The van der Waals surface area contributed by atoms with Crippen LogP contribution in [-0.4, -0.2) is 36.3 Å². The fraction of sp³-hybridized carbons (Fsp3) is 0.350. The van der Waals surface area contributed by atoms with Crippen molar-refractivity contribution < 1.29 is 28.7 Å². The lowest BCUT2D eigenvalue weighted by atomic mass is 9.87. The highest BCUT2D eigenvalue weighted by molar-refractivity contribution is 6.22. The van der Waals surface area contributed by atoms with E-state index in [1.54, 1.807) is 6.07 Å². The largest absolute Gasteiger partial charge is 0.450 e. The van der Waals surface area contributed by atoms with E-state index in [9.17, 15) is 24.0 Å². The van der Waals surface area contributed by atoms with Crippen molar-refractivity contribution in [2.24, 2.45) is 5.73 Å². The van der Waals surface area contributed by atoms with E-state index in [0.717, 1.165) is 0 Å². The van der Waals surface area contributed by atoms with E-state index >= 15 is 0 Å². The van der Waals surface area contributed by atoms with E-state index in [4.69, 9.17) is 5.73 Å². The van der Waals surface area contributed by atoms with Crippen LogP contribution < -0.4 is 16.4 Å². The molecule has 29 heavy (non-hydrogen) atoms. The molecule has 0 saturated carbocycles. The van der Waals surface area contributed by atoms with Crippen LogP contribution >= 0.6 is 0 Å². The van der Waals surface area contributed by atoms with Crippen LogP contribution in [0.2, 0.25) is 0 Å². The minimum Gasteiger partial charge on any atom is -0.450 e. The maximum atomic E-state index is 12.2. The van der Waals surface area contributed by atoms with E-state index in [1.807, 2.05) is 0 Å². The molecule has 9 nitrogen and oxygen atoms in total. The Morgan fingerprint density at radius 2 is 1.93 bits per heavy atom. The molecule has 2 aliphatic heterocycles. The molecule has 0 aromatic heterocycles. The Morgan fingerprint density at radius 3 is 2.66 bits per heavy atom. The summed E-state index contributed by atoms with van der Waals surface area (Å²) in [6.45, 7) is 0.203. The number of hydrogen-bond donors (Lipinski definition) is 3. The van der Waals surface area contributed by atoms with Gasteiger partial charge in [0, 0.05) is 18.4 Å². The highest BCUT2D eigenvalue weighted by Crippen LogP contribution is 2.30. The van der Waals surface area contributed by atoms with Gasteiger partial charge in [0.25, 0.3) is 11.8 Å². The Morgan fingerprint density at radius 1 is 1.14 bits per heavy atom. The van der Waals surface area contributed by atoms with Crippen molar-refractivity contribution in [1.29, 1.82) is 0 Å². The van der Waals surface area contributed by atoms with E-state index in [-0.39, 0.29) is 30.1 Å². The van der Waals surface area contributed by atoms with Crippen LogP contribution in [0.1, 0.15) is 69.9 Å². The number of piperidine rings is 1. The smallest absolute Gasteiger partial charge is 0.404 e. The average Bonchev–Trinajstić information content (AvgIpc) is 2.94. The van der Waals surface area contributed by atoms with E-state index in [1.165, 1.54) is 6.07 Å². The monoisotopic (exact) mass is 397 g/mol. The van der Waals surface area contributed by atoms with Gasteiger partial charge in [-0.25, -0.2) is 4.79 Å². The van der Waals surface area contributed by atoms with Gasteiger partial charge < -0.3 is 10.5 Å². The Bertz CT molecular complexity index is 972. The third kappa shape index (κ3) is 4.60. The second-order valence-corrected chi connectivity index (χ2v) is 6.70. The van der Waals surface area contributed by atoms with Gasteiger partial charge in [0.15, 0.2) is 0 Å². The number of ether oxygens (including phenoxy) is 1. The molecule has 0 radical (unpaired) electrons. The standard InChI is InChI=1S/C20H19N3O6/c21-20(28)29-8-4-2-1-3-5-11-9-12(13-6-7-15(24)22-17(13)25)10-14-16(11)19(27)23-18(14)26/h9-10,13H,1-2,4,6-8H2,(H2,21,28)(H,22,24,25)(H,23,26,27). The van der Waals surface area contributed by atoms with Gasteiger partial charge in [-0.05, 0) is 37.0 Å². The molecule has 0 bridgehead atoms. The zero-order valence-corrected chi connectivity index (χ0v) is 15.5. The van der Waals surface area contributed by atoms with E-state index < -0.39 is 29.7 Å². The summed E-state index contributed by atoms with van der Waals surface area (Å²) in [5, 5.41) is 4.53. The Balaban J connectivity index is 1.81. The van der Waals surface area contributed by atoms with Crippen molar-refractivity contribution >= 4 is 29.7 Å². The number of carbonyl (C=O) groups excluding carboxylic acids is 5. The predicted molar refractivity (Wildman–Crippen MR) is 99.6 cm³/mol. The molecule has 1 atom stereocenters. The lowest BCUT2D eigenvalue weighted by Gasteiger charge is -2.21. The highest BCUT2D eigenvalue weighted by Gasteiger charge is 2.34. The maximum Gasteiger partial charge on any atom is 0.404 e. The summed E-state index contributed by atoms with van der Waals surface area (Å²) < 4.78 is 4.63. The summed E-state index contributed by atoms with van der Waals surface area (Å²) >= 11 is 0. The minimum absolute atomic E-state index is 0.177. The molecule has 4 N–H and O–H groups in total. The Hall–Kier alpha value is -3.67. The number of amides is 5. The molecule has 9 heteroatoms. The molecule has 2 heterocycles. The summed E-state index contributed by atoms with van der Waals surface area (Å²) in [5.41, 5.74) is 6.14. The van der Waals surface area contributed by atoms with Crippen molar-refractivity contribution in [3.05, 3.63) is 34.4 Å². The van der Waals surface area contributed by atoms with Gasteiger partial charge in [-0.15, -0.1) is 0 Å². The number of unbranched alkanes of at least 4 members (excludes halogenated alkanes) is 2. The van der Waals surface area contributed by atoms with Crippen molar-refractivity contribution in [2.45, 2.75) is 38.0 Å². The Labute approximate surface area is 166 Å². The maximum absolute atomic E-state index is 12.2. The molecule has 1 aromatic carbocycles. The molecule has 0 aliphatic carbocycles. The fourth-order valence-corrected chi connectivity index (χ4v) is 3.28. The van der Waals surface area contributed by atoms with Gasteiger partial charge in [-0.2, -0.15) is 0 Å². The number of nitrogens with two attached hydrogens (primary N) is 1. The molecule has 3 rings (SSSR count). The fourth-order valence-electron chi connectivity index (χ4n) is 3.28. The van der Waals surface area contributed by atoms with Gasteiger partial charge >= 0.3 is 6.09 Å². The molecule has 1 unspecified atom stereocenters. The molecule has 1 saturated heterocycles. The molecule has 1 aromatic rings. The number of rotatable bonds is 5. The van der Waals surface area contributed by atoms with Crippen LogP contribution in [0.4, 0.5) is 4.79 Å². The summed E-state index contributed by atoms with van der Waals surface area (Å²) in [5.74, 6) is 3.42. The van der Waals surface area contributed by atoms with E-state index in [2.05, 4.69) is 27.2 Å². The average molecular weight is 397 g/mol. The first kappa shape index (κ1) is 20.1. The van der Waals surface area contributed by atoms with Crippen molar-refractivity contribution in [2.75, 3.05) is 6.61 Å². The van der Waals surface area contributed by atoms with Crippen LogP contribution in [0, 0.1) is 11.8 Å². The number of imide groups is 2. The predicted octanol–water partition coefficient (Wildman–Crippen LogP) is 0.707. The molecule has 2 aliphatic rings. The van der Waals surface area contributed by atoms with Crippen molar-refractivity contribution in [3.63, 3.8) is 0 Å². The second-order valence-electron chi connectivity index (χ2n) is 6.70. The number of benzene rings is 1. The number of nitrogens with one attached hydrogen (secondary N) is 2. The second kappa shape index (κ2) is 8.56. The molecule has 150 valence electrons. The number of carbonyl (C=O) groups is 5. The zero-order chi connectivity index (χ0) is 21.0. The quantitative estimate of drug-likeness (QED) is 0.379. The number of primary amides is 1. The summed E-state index contributed by atoms with van der Waals surface area (Å²) in [4.78, 5) is 58.3. The van der Waals surface area contributed by atoms with Gasteiger partial charge in [-0.3, -0.25) is 29.8 Å². The minimum atomic E-state index is -0.826. The topological polar surface area (TPSA) is 145 Å². The lowest BCUT2D eigenvalue weighted by molar-refractivity contribution is -0.134. The molecule has 5 amide bonds. The van der Waals surface area contributed by atoms with Crippen LogP contribution in [0.15, 0.2) is 12.1 Å². The summed E-state index contributed by atoms with van der Waals surface area (Å²) in [6.07, 6.45) is 1.42. The molecular weight excluding hydrogens is 378 g/mol. The zero-order valence-electron chi connectivity index (χ0n) is 15.5. The first-order valence-electron chi connectivity index (χ1n) is 9.15. The lowest BCUT2D eigenvalue weighted by Crippen LogP contribution is -2.39. The van der Waals surface area contributed by atoms with Gasteiger partial charge in [-0.1, -0.05) is 11.8 Å². The van der Waals surface area contributed by atoms with Gasteiger partial charge in [0.1, 0.15) is 0 Å². The number of fused-ring (bicyclic) bond motifs is 1. The third-order valence-corrected chi connectivity index (χ3v) is 4.66. The molecule has 0 spiro atoms. The Kier molecular flexibility index (Phi) is 5.93. The third-order valence-electron chi connectivity index (χ3n) is 4.66. The molecule has 1 fully saturated rings. The van der Waals surface area contributed by atoms with Crippen LogP contribution in [0.3, 0.4) is 0 Å². The SMILES string of the molecule is NC(=O)OCCCCC#Cc1cc(C2CCC(=O)NC2=O)cc2c1C(=O)NC2=O. The molecular formula is C20H19N3O6. The normalized spacial score (nSPS) is 17.7. The highest BCUT2D eigenvalue weighted by atomic mass is 16.5. The van der Waals surface area contributed by atoms with Crippen LogP contribution in [0.5, 0.6) is 0 Å². The first-order chi connectivity index (χ1) is 13.9. The van der Waals surface area contributed by atoms with Gasteiger partial charge in [0.05, 0.1) is 23.7 Å². The van der Waals surface area contributed by atoms with E-state index in [0.29, 0.717) is 36.8 Å². The number of hydrogen-bond acceptors (Lipinski definition) is 6. The van der Waals surface area contributed by atoms with Crippen molar-refractivity contribution in [1.82, 2.24) is 10.6 Å². The van der Waals surface area contributed by atoms with Crippen LogP contribution in [0.25, 0.3) is 0 Å².